The molecule has 1 heteroatoms. The molecule has 0 atom stereocenters. The fourth-order valence-electron chi connectivity index (χ4n) is 2.69. The van der Waals surface area contributed by atoms with Crippen LogP contribution in [0.4, 0.5) is 4.39 Å². The molecular formula is C15H21F. The monoisotopic (exact) mass is 220 g/mol. The highest BCUT2D eigenvalue weighted by molar-refractivity contribution is 5.30. The highest BCUT2D eigenvalue weighted by Gasteiger charge is 2.17. The Kier molecular flexibility index (Phi) is 3.63. The molecule has 0 N–H and O–H groups in total. The van der Waals surface area contributed by atoms with Gasteiger partial charge in [-0.05, 0) is 41.9 Å². The zero-order valence-corrected chi connectivity index (χ0v) is 10.3. The fourth-order valence-corrected chi connectivity index (χ4v) is 2.69. The van der Waals surface area contributed by atoms with E-state index in [0.717, 1.165) is 5.56 Å². The molecule has 0 aliphatic heterocycles. The van der Waals surface area contributed by atoms with Crippen molar-refractivity contribution in [2.75, 3.05) is 0 Å². The third kappa shape index (κ3) is 2.45. The van der Waals surface area contributed by atoms with Gasteiger partial charge in [0.2, 0.25) is 0 Å². The van der Waals surface area contributed by atoms with E-state index in [4.69, 9.17) is 0 Å². The lowest BCUT2D eigenvalue weighted by Gasteiger charge is -2.23. The second-order valence-electron chi connectivity index (χ2n) is 5.27. The summed E-state index contributed by atoms with van der Waals surface area (Å²) in [6.45, 7) is 4.12. The van der Waals surface area contributed by atoms with Gasteiger partial charge < -0.3 is 0 Å². The molecule has 1 aliphatic carbocycles. The van der Waals surface area contributed by atoms with E-state index in [1.807, 2.05) is 6.07 Å². The third-order valence-electron chi connectivity index (χ3n) is 3.72. The van der Waals surface area contributed by atoms with E-state index in [1.165, 1.54) is 37.7 Å². The van der Waals surface area contributed by atoms with Crippen LogP contribution in [0, 0.1) is 5.82 Å². The lowest BCUT2D eigenvalue weighted by molar-refractivity contribution is 0.442. The first kappa shape index (κ1) is 11.6. The quantitative estimate of drug-likeness (QED) is 0.658. The van der Waals surface area contributed by atoms with Crippen LogP contribution in [0.15, 0.2) is 18.2 Å². The lowest BCUT2D eigenvalue weighted by atomic mass is 9.83. The Morgan fingerprint density at radius 1 is 1.12 bits per heavy atom. The third-order valence-corrected chi connectivity index (χ3v) is 3.72. The van der Waals surface area contributed by atoms with Crippen molar-refractivity contribution in [3.63, 3.8) is 0 Å². The van der Waals surface area contributed by atoms with Gasteiger partial charge in [0, 0.05) is 0 Å². The van der Waals surface area contributed by atoms with E-state index in [9.17, 15) is 4.39 Å². The summed E-state index contributed by atoms with van der Waals surface area (Å²) in [5.74, 6) is 0.907. The Hall–Kier alpha value is -0.850. The molecule has 0 amide bonds. The first-order valence-electron chi connectivity index (χ1n) is 6.48. The SMILES string of the molecule is CC(C)c1cc(C2CCCCC2)ccc1F. The van der Waals surface area contributed by atoms with Crippen molar-refractivity contribution in [2.45, 2.75) is 57.8 Å². The molecule has 0 aromatic heterocycles. The average Bonchev–Trinajstić information content (AvgIpc) is 2.30. The van der Waals surface area contributed by atoms with Gasteiger partial charge in [-0.1, -0.05) is 45.2 Å². The smallest absolute Gasteiger partial charge is 0.126 e. The molecule has 0 spiro atoms. The van der Waals surface area contributed by atoms with Crippen molar-refractivity contribution >= 4 is 0 Å². The average molecular weight is 220 g/mol. The van der Waals surface area contributed by atoms with E-state index in [-0.39, 0.29) is 11.7 Å². The Labute approximate surface area is 97.9 Å². The van der Waals surface area contributed by atoms with E-state index < -0.39 is 0 Å². The predicted octanol–water partition coefficient (Wildman–Crippen LogP) is 5.00. The van der Waals surface area contributed by atoms with Crippen LogP contribution < -0.4 is 0 Å². The van der Waals surface area contributed by atoms with Crippen molar-refractivity contribution in [2.24, 2.45) is 0 Å². The zero-order chi connectivity index (χ0) is 11.5. The minimum absolute atomic E-state index is 0.0467. The summed E-state index contributed by atoms with van der Waals surface area (Å²) in [6, 6.07) is 5.73. The van der Waals surface area contributed by atoms with Crippen molar-refractivity contribution < 1.29 is 4.39 Å². The Balaban J connectivity index is 2.24. The van der Waals surface area contributed by atoms with Gasteiger partial charge in [0.05, 0.1) is 0 Å². The second kappa shape index (κ2) is 4.99. The van der Waals surface area contributed by atoms with E-state index in [2.05, 4.69) is 19.9 Å². The highest BCUT2D eigenvalue weighted by atomic mass is 19.1. The minimum Gasteiger partial charge on any atom is -0.207 e. The number of hydrogen-bond acceptors (Lipinski definition) is 0. The molecule has 0 heterocycles. The van der Waals surface area contributed by atoms with Crippen molar-refractivity contribution in [1.82, 2.24) is 0 Å². The van der Waals surface area contributed by atoms with E-state index >= 15 is 0 Å². The van der Waals surface area contributed by atoms with Crippen LogP contribution in [-0.2, 0) is 0 Å². The van der Waals surface area contributed by atoms with E-state index in [0.29, 0.717) is 5.92 Å². The summed E-state index contributed by atoms with van der Waals surface area (Å²) < 4.78 is 13.6. The molecule has 16 heavy (non-hydrogen) atoms. The van der Waals surface area contributed by atoms with Crippen molar-refractivity contribution in [3.8, 4) is 0 Å². The predicted molar refractivity (Wildman–Crippen MR) is 66.3 cm³/mol. The first-order chi connectivity index (χ1) is 7.68. The number of hydrogen-bond donors (Lipinski definition) is 0. The van der Waals surface area contributed by atoms with Crippen LogP contribution in [-0.4, -0.2) is 0 Å². The molecule has 1 saturated carbocycles. The first-order valence-corrected chi connectivity index (χ1v) is 6.48. The zero-order valence-electron chi connectivity index (χ0n) is 10.3. The van der Waals surface area contributed by atoms with Gasteiger partial charge >= 0.3 is 0 Å². The summed E-state index contributed by atoms with van der Waals surface area (Å²) in [5, 5.41) is 0. The van der Waals surface area contributed by atoms with Gasteiger partial charge in [-0.3, -0.25) is 0 Å². The van der Waals surface area contributed by atoms with Gasteiger partial charge in [0.1, 0.15) is 5.82 Å². The molecule has 0 radical (unpaired) electrons. The maximum atomic E-state index is 13.6. The topological polar surface area (TPSA) is 0 Å². The van der Waals surface area contributed by atoms with Crippen LogP contribution in [0.3, 0.4) is 0 Å². The Morgan fingerprint density at radius 2 is 1.81 bits per heavy atom. The molecule has 0 unspecified atom stereocenters. The molecule has 0 nitrogen and oxygen atoms in total. The second-order valence-corrected chi connectivity index (χ2v) is 5.27. The standard InChI is InChI=1S/C15H21F/c1-11(2)14-10-13(8-9-15(14)16)12-6-4-3-5-7-12/h8-12H,3-7H2,1-2H3. The minimum atomic E-state index is -0.0467. The summed E-state index contributed by atoms with van der Waals surface area (Å²) >= 11 is 0. The molecule has 1 fully saturated rings. The van der Waals surface area contributed by atoms with Gasteiger partial charge in [0.15, 0.2) is 0 Å². The van der Waals surface area contributed by atoms with E-state index in [1.54, 1.807) is 6.07 Å². The molecule has 1 aliphatic rings. The summed E-state index contributed by atoms with van der Waals surface area (Å²) in [7, 11) is 0. The molecule has 88 valence electrons. The summed E-state index contributed by atoms with van der Waals surface area (Å²) in [4.78, 5) is 0. The largest absolute Gasteiger partial charge is 0.207 e. The van der Waals surface area contributed by atoms with Crippen LogP contribution in [0.2, 0.25) is 0 Å². The fraction of sp³-hybridized carbons (Fsp3) is 0.600. The molecular weight excluding hydrogens is 199 g/mol. The summed E-state index contributed by atoms with van der Waals surface area (Å²) in [6.07, 6.45) is 6.60. The number of halogens is 1. The van der Waals surface area contributed by atoms with Crippen LogP contribution in [0.25, 0.3) is 0 Å². The van der Waals surface area contributed by atoms with Crippen LogP contribution >= 0.6 is 0 Å². The lowest BCUT2D eigenvalue weighted by Crippen LogP contribution is -2.06. The summed E-state index contributed by atoms with van der Waals surface area (Å²) in [5.41, 5.74) is 2.23. The van der Waals surface area contributed by atoms with Gasteiger partial charge in [-0.2, -0.15) is 0 Å². The maximum absolute atomic E-state index is 13.6. The van der Waals surface area contributed by atoms with Gasteiger partial charge in [0.25, 0.3) is 0 Å². The number of rotatable bonds is 2. The van der Waals surface area contributed by atoms with Crippen molar-refractivity contribution in [1.29, 1.82) is 0 Å². The molecule has 1 aromatic carbocycles. The van der Waals surface area contributed by atoms with Gasteiger partial charge in [-0.15, -0.1) is 0 Å². The highest BCUT2D eigenvalue weighted by Crippen LogP contribution is 2.34. The molecule has 1 aromatic rings. The Morgan fingerprint density at radius 3 is 2.44 bits per heavy atom. The maximum Gasteiger partial charge on any atom is 0.126 e. The van der Waals surface area contributed by atoms with Crippen LogP contribution in [0.5, 0.6) is 0 Å². The van der Waals surface area contributed by atoms with Gasteiger partial charge in [-0.25, -0.2) is 4.39 Å². The molecule has 2 rings (SSSR count). The normalized spacial score (nSPS) is 18.0. The van der Waals surface area contributed by atoms with Crippen molar-refractivity contribution in [3.05, 3.63) is 35.1 Å². The molecule has 0 saturated heterocycles. The number of benzene rings is 1. The Bertz CT molecular complexity index is 348. The van der Waals surface area contributed by atoms with Crippen LogP contribution in [0.1, 0.15) is 68.9 Å². The molecule has 0 bridgehead atoms.